The van der Waals surface area contributed by atoms with Gasteiger partial charge in [0, 0.05) is 11.2 Å². The van der Waals surface area contributed by atoms with Gasteiger partial charge >= 0.3 is 0 Å². The summed E-state index contributed by atoms with van der Waals surface area (Å²) in [6.07, 6.45) is 1.74. The average Bonchev–Trinajstić information content (AvgIpc) is 2.70. The first-order valence-corrected chi connectivity index (χ1v) is 5.49. The van der Waals surface area contributed by atoms with E-state index in [0.717, 1.165) is 22.0 Å². The molecular formula is C11H10Cl2N2. The van der Waals surface area contributed by atoms with Crippen molar-refractivity contribution in [1.29, 1.82) is 0 Å². The molecule has 0 fully saturated rings. The third kappa shape index (κ3) is 2.01. The second kappa shape index (κ2) is 4.25. The fourth-order valence-corrected chi connectivity index (χ4v) is 1.74. The van der Waals surface area contributed by atoms with Crippen molar-refractivity contribution in [2.24, 2.45) is 0 Å². The largest absolute Gasteiger partial charge is 0.237 e. The van der Waals surface area contributed by atoms with Crippen LogP contribution in [-0.4, -0.2) is 9.78 Å². The lowest BCUT2D eigenvalue weighted by Gasteiger charge is -2.07. The van der Waals surface area contributed by atoms with E-state index in [1.54, 1.807) is 6.20 Å². The van der Waals surface area contributed by atoms with Crippen LogP contribution in [0.4, 0.5) is 0 Å². The molecule has 0 unspecified atom stereocenters. The molecule has 0 radical (unpaired) electrons. The highest BCUT2D eigenvalue weighted by molar-refractivity contribution is 6.31. The van der Waals surface area contributed by atoms with E-state index in [1.165, 1.54) is 0 Å². The predicted octanol–water partition coefficient (Wildman–Crippen LogP) is 3.57. The van der Waals surface area contributed by atoms with Crippen LogP contribution in [0.5, 0.6) is 0 Å². The zero-order valence-corrected chi connectivity index (χ0v) is 9.76. The molecule has 2 aromatic rings. The van der Waals surface area contributed by atoms with E-state index in [4.69, 9.17) is 23.2 Å². The lowest BCUT2D eigenvalue weighted by Crippen LogP contribution is -2.00. The Morgan fingerprint density at radius 3 is 2.80 bits per heavy atom. The minimum Gasteiger partial charge on any atom is -0.237 e. The fourth-order valence-electron chi connectivity index (χ4n) is 1.43. The van der Waals surface area contributed by atoms with Crippen LogP contribution in [0.3, 0.4) is 0 Å². The second-order valence-electron chi connectivity index (χ2n) is 3.30. The van der Waals surface area contributed by atoms with E-state index in [-0.39, 0.29) is 0 Å². The Hall–Kier alpha value is -0.990. The summed E-state index contributed by atoms with van der Waals surface area (Å²) in [5.74, 6) is 0.446. The van der Waals surface area contributed by atoms with E-state index in [2.05, 4.69) is 5.10 Å². The van der Waals surface area contributed by atoms with E-state index >= 15 is 0 Å². The molecule has 0 aliphatic carbocycles. The molecule has 2 nitrogen and oxygen atoms in total. The molecule has 0 amide bonds. The number of halogens is 2. The van der Waals surface area contributed by atoms with Crippen molar-refractivity contribution in [3.63, 3.8) is 0 Å². The lowest BCUT2D eigenvalue weighted by molar-refractivity contribution is 0.839. The fraction of sp³-hybridized carbons (Fsp3) is 0.182. The molecule has 1 heterocycles. The number of hydrogen-bond acceptors (Lipinski definition) is 1. The standard InChI is InChI=1S/C11H10Cl2N2/c1-8-6-9(2-3-11(8)13)15-10(7-12)4-5-14-15/h2-6H,7H2,1H3. The second-order valence-corrected chi connectivity index (χ2v) is 3.98. The Kier molecular flexibility index (Phi) is 2.98. The molecule has 78 valence electrons. The molecule has 15 heavy (non-hydrogen) atoms. The Balaban J connectivity index is 2.50. The topological polar surface area (TPSA) is 17.8 Å². The normalized spacial score (nSPS) is 10.6. The summed E-state index contributed by atoms with van der Waals surface area (Å²) in [6.45, 7) is 1.97. The summed E-state index contributed by atoms with van der Waals surface area (Å²) < 4.78 is 1.82. The van der Waals surface area contributed by atoms with Gasteiger partial charge in [-0.2, -0.15) is 5.10 Å². The summed E-state index contributed by atoms with van der Waals surface area (Å²) in [5.41, 5.74) is 2.99. The lowest BCUT2D eigenvalue weighted by atomic mass is 10.2. The summed E-state index contributed by atoms with van der Waals surface area (Å²) in [5, 5.41) is 4.98. The van der Waals surface area contributed by atoms with Gasteiger partial charge in [0.2, 0.25) is 0 Å². The van der Waals surface area contributed by atoms with Crippen LogP contribution in [0, 0.1) is 6.92 Å². The SMILES string of the molecule is Cc1cc(-n2nccc2CCl)ccc1Cl. The first-order valence-electron chi connectivity index (χ1n) is 4.58. The first-order chi connectivity index (χ1) is 7.22. The Labute approximate surface area is 98.4 Å². The first kappa shape index (κ1) is 10.5. The van der Waals surface area contributed by atoms with Gasteiger partial charge in [-0.1, -0.05) is 11.6 Å². The number of alkyl halides is 1. The summed E-state index contributed by atoms with van der Waals surface area (Å²) in [6, 6.07) is 7.69. The van der Waals surface area contributed by atoms with Crippen LogP contribution in [0.2, 0.25) is 5.02 Å². The van der Waals surface area contributed by atoms with Gasteiger partial charge < -0.3 is 0 Å². The van der Waals surface area contributed by atoms with E-state index in [0.29, 0.717) is 5.88 Å². The third-order valence-electron chi connectivity index (χ3n) is 2.24. The molecule has 1 aromatic heterocycles. The quantitative estimate of drug-likeness (QED) is 0.735. The number of aryl methyl sites for hydroxylation is 1. The van der Waals surface area contributed by atoms with Crippen LogP contribution >= 0.6 is 23.2 Å². The molecule has 4 heteroatoms. The van der Waals surface area contributed by atoms with Gasteiger partial charge in [0.05, 0.1) is 17.3 Å². The van der Waals surface area contributed by atoms with Gasteiger partial charge in [0.1, 0.15) is 0 Å². The minimum absolute atomic E-state index is 0.446. The average molecular weight is 241 g/mol. The number of aromatic nitrogens is 2. The Morgan fingerprint density at radius 1 is 1.33 bits per heavy atom. The Bertz CT molecular complexity index is 477. The summed E-state index contributed by atoms with van der Waals surface area (Å²) >= 11 is 11.8. The van der Waals surface area contributed by atoms with Crippen molar-refractivity contribution in [3.05, 3.63) is 46.7 Å². The van der Waals surface area contributed by atoms with Crippen molar-refractivity contribution in [3.8, 4) is 5.69 Å². The molecule has 0 saturated heterocycles. The zero-order chi connectivity index (χ0) is 10.8. The summed E-state index contributed by atoms with van der Waals surface area (Å²) in [4.78, 5) is 0. The minimum atomic E-state index is 0.446. The van der Waals surface area contributed by atoms with Crippen LogP contribution in [-0.2, 0) is 5.88 Å². The van der Waals surface area contributed by atoms with Crippen molar-refractivity contribution in [2.75, 3.05) is 0 Å². The zero-order valence-electron chi connectivity index (χ0n) is 8.24. The van der Waals surface area contributed by atoms with Gasteiger partial charge in [-0.15, -0.1) is 11.6 Å². The smallest absolute Gasteiger partial charge is 0.0652 e. The molecule has 0 atom stereocenters. The number of nitrogens with zero attached hydrogens (tertiary/aromatic N) is 2. The van der Waals surface area contributed by atoms with Crippen LogP contribution < -0.4 is 0 Å². The molecular weight excluding hydrogens is 231 g/mol. The van der Waals surface area contributed by atoms with Gasteiger partial charge in [-0.25, -0.2) is 4.68 Å². The van der Waals surface area contributed by atoms with E-state index < -0.39 is 0 Å². The maximum absolute atomic E-state index is 5.96. The maximum atomic E-state index is 5.96. The van der Waals surface area contributed by atoms with Crippen LogP contribution in [0.1, 0.15) is 11.3 Å². The van der Waals surface area contributed by atoms with Gasteiger partial charge in [0.15, 0.2) is 0 Å². The number of benzene rings is 1. The number of rotatable bonds is 2. The van der Waals surface area contributed by atoms with Crippen LogP contribution in [0.25, 0.3) is 5.69 Å². The molecule has 0 saturated carbocycles. The van der Waals surface area contributed by atoms with Crippen molar-refractivity contribution in [2.45, 2.75) is 12.8 Å². The highest BCUT2D eigenvalue weighted by Gasteiger charge is 2.04. The molecule has 0 aliphatic rings. The third-order valence-corrected chi connectivity index (χ3v) is 2.94. The molecule has 0 N–H and O–H groups in total. The van der Waals surface area contributed by atoms with Crippen molar-refractivity contribution >= 4 is 23.2 Å². The van der Waals surface area contributed by atoms with Gasteiger partial charge in [0.25, 0.3) is 0 Å². The maximum Gasteiger partial charge on any atom is 0.0652 e. The molecule has 2 rings (SSSR count). The predicted molar refractivity (Wildman–Crippen MR) is 62.9 cm³/mol. The number of hydrogen-bond donors (Lipinski definition) is 0. The van der Waals surface area contributed by atoms with Crippen LogP contribution in [0.15, 0.2) is 30.5 Å². The Morgan fingerprint density at radius 2 is 2.13 bits per heavy atom. The molecule has 0 spiro atoms. The highest BCUT2D eigenvalue weighted by Crippen LogP contribution is 2.19. The van der Waals surface area contributed by atoms with Crippen molar-refractivity contribution in [1.82, 2.24) is 9.78 Å². The monoisotopic (exact) mass is 240 g/mol. The summed E-state index contributed by atoms with van der Waals surface area (Å²) in [7, 11) is 0. The van der Waals surface area contributed by atoms with Gasteiger partial charge in [-0.05, 0) is 36.8 Å². The molecule has 0 bridgehead atoms. The van der Waals surface area contributed by atoms with Gasteiger partial charge in [-0.3, -0.25) is 0 Å². The highest BCUT2D eigenvalue weighted by atomic mass is 35.5. The van der Waals surface area contributed by atoms with E-state index in [9.17, 15) is 0 Å². The molecule has 0 aliphatic heterocycles. The van der Waals surface area contributed by atoms with E-state index in [1.807, 2.05) is 35.9 Å². The van der Waals surface area contributed by atoms with Crippen molar-refractivity contribution < 1.29 is 0 Å². The molecule has 1 aromatic carbocycles.